The van der Waals surface area contributed by atoms with Crippen LogP contribution in [0.1, 0.15) is 32.3 Å². The summed E-state index contributed by atoms with van der Waals surface area (Å²) in [6.07, 6.45) is 1.62. The minimum Gasteiger partial charge on any atom is -0.366 e. The lowest BCUT2D eigenvalue weighted by Gasteiger charge is -2.12. The van der Waals surface area contributed by atoms with Crippen molar-refractivity contribution in [3.05, 3.63) is 48.3 Å². The summed E-state index contributed by atoms with van der Waals surface area (Å²) in [5.41, 5.74) is 1.98. The first-order valence-corrected chi connectivity index (χ1v) is 8.90. The van der Waals surface area contributed by atoms with Crippen molar-refractivity contribution in [1.82, 2.24) is 19.7 Å². The molecule has 4 heterocycles. The van der Waals surface area contributed by atoms with Crippen molar-refractivity contribution in [3.8, 4) is 11.4 Å². The van der Waals surface area contributed by atoms with E-state index in [1.807, 2.05) is 32.0 Å². The Morgan fingerprint density at radius 3 is 2.81 bits per heavy atom. The molecule has 26 heavy (non-hydrogen) atoms. The summed E-state index contributed by atoms with van der Waals surface area (Å²) in [6, 6.07) is 9.03. The van der Waals surface area contributed by atoms with Gasteiger partial charge in [0.1, 0.15) is 11.5 Å². The van der Waals surface area contributed by atoms with E-state index in [0.717, 1.165) is 25.3 Å². The van der Waals surface area contributed by atoms with Crippen molar-refractivity contribution in [2.45, 2.75) is 32.7 Å². The fraction of sp³-hybridized carbons (Fsp3) is 0.368. The van der Waals surface area contributed by atoms with Crippen LogP contribution >= 0.6 is 0 Å². The number of anilines is 1. The second-order valence-corrected chi connectivity index (χ2v) is 5.88. The lowest BCUT2D eigenvalue weighted by Crippen LogP contribution is -2.22. The molecule has 3 aromatic heterocycles. The number of nitrogens with zero attached hydrogens (tertiary/aromatic N) is 3. The lowest BCUT2D eigenvalue weighted by atomic mass is 10.2. The topological polar surface area (TPSA) is 54.2 Å². The molecule has 1 saturated heterocycles. The first kappa shape index (κ1) is 18.3. The third-order valence-electron chi connectivity index (χ3n) is 4.20. The number of halogens is 2. The van der Waals surface area contributed by atoms with Crippen LogP contribution < -0.4 is 10.6 Å². The number of hydrogen-bond acceptors (Lipinski definition) is 4. The Labute approximate surface area is 151 Å². The molecule has 0 aromatic carbocycles. The van der Waals surface area contributed by atoms with Crippen LogP contribution in [0.3, 0.4) is 0 Å². The van der Waals surface area contributed by atoms with Crippen molar-refractivity contribution in [2.75, 3.05) is 18.4 Å². The number of fused-ring (bicyclic) bond motifs is 1. The van der Waals surface area contributed by atoms with E-state index in [1.54, 1.807) is 16.7 Å². The first-order chi connectivity index (χ1) is 12.7. The maximum absolute atomic E-state index is 13.0. The van der Waals surface area contributed by atoms with Crippen LogP contribution in [0.25, 0.3) is 17.0 Å². The van der Waals surface area contributed by atoms with Gasteiger partial charge in [0.15, 0.2) is 0 Å². The van der Waals surface area contributed by atoms with Crippen LogP contribution in [0.4, 0.5) is 14.6 Å². The summed E-state index contributed by atoms with van der Waals surface area (Å²) >= 11 is 0. The zero-order valence-corrected chi connectivity index (χ0v) is 14.9. The molecular formula is C19H23F2N5. The van der Waals surface area contributed by atoms with Gasteiger partial charge in [0.2, 0.25) is 0 Å². The van der Waals surface area contributed by atoms with E-state index < -0.39 is 6.43 Å². The van der Waals surface area contributed by atoms with Gasteiger partial charge in [-0.25, -0.2) is 18.7 Å². The number of aromatic nitrogens is 3. The Kier molecular flexibility index (Phi) is 5.78. The Morgan fingerprint density at radius 1 is 1.23 bits per heavy atom. The second kappa shape index (κ2) is 8.23. The maximum atomic E-state index is 13.0. The highest BCUT2D eigenvalue weighted by atomic mass is 19.3. The van der Waals surface area contributed by atoms with E-state index in [4.69, 9.17) is 0 Å². The van der Waals surface area contributed by atoms with Gasteiger partial charge in [-0.1, -0.05) is 19.9 Å². The van der Waals surface area contributed by atoms with E-state index in [1.165, 1.54) is 12.3 Å². The van der Waals surface area contributed by atoms with Crippen molar-refractivity contribution >= 4 is 11.5 Å². The quantitative estimate of drug-likeness (QED) is 0.735. The molecule has 0 aliphatic carbocycles. The Morgan fingerprint density at radius 2 is 2.08 bits per heavy atom. The van der Waals surface area contributed by atoms with Crippen LogP contribution in [-0.4, -0.2) is 33.5 Å². The SMILES string of the molecule is CC.FC(F)c1ccc2ncc(-c3cccc(NC4CCNC4)n3)n2c1. The minimum atomic E-state index is -2.51. The summed E-state index contributed by atoms with van der Waals surface area (Å²) in [7, 11) is 0. The van der Waals surface area contributed by atoms with E-state index in [0.29, 0.717) is 23.1 Å². The van der Waals surface area contributed by atoms with Gasteiger partial charge in [-0.3, -0.25) is 4.40 Å². The van der Waals surface area contributed by atoms with E-state index in [-0.39, 0.29) is 5.56 Å². The highest BCUT2D eigenvalue weighted by molar-refractivity contribution is 5.62. The van der Waals surface area contributed by atoms with Gasteiger partial charge >= 0.3 is 0 Å². The first-order valence-electron chi connectivity index (χ1n) is 8.90. The lowest BCUT2D eigenvalue weighted by molar-refractivity contribution is 0.151. The molecule has 4 rings (SSSR count). The van der Waals surface area contributed by atoms with Gasteiger partial charge in [0, 0.05) is 24.3 Å². The predicted octanol–water partition coefficient (Wildman–Crippen LogP) is 4.13. The molecule has 0 bridgehead atoms. The molecule has 1 unspecified atom stereocenters. The summed E-state index contributed by atoms with van der Waals surface area (Å²) in [4.78, 5) is 8.89. The number of rotatable bonds is 4. The molecule has 3 aromatic rings. The number of nitrogens with one attached hydrogen (secondary N) is 2. The van der Waals surface area contributed by atoms with Crippen LogP contribution in [0, 0.1) is 0 Å². The second-order valence-electron chi connectivity index (χ2n) is 5.88. The van der Waals surface area contributed by atoms with Gasteiger partial charge in [-0.2, -0.15) is 0 Å². The van der Waals surface area contributed by atoms with Gasteiger partial charge in [0.05, 0.1) is 17.6 Å². The maximum Gasteiger partial charge on any atom is 0.265 e. The summed E-state index contributed by atoms with van der Waals surface area (Å²) in [6.45, 7) is 5.92. The standard InChI is InChI=1S/C17H17F2N5.C2H6/c18-17(19)11-4-5-16-21-9-14(24(16)10-11)13-2-1-3-15(23-13)22-12-6-7-20-8-12;1-2/h1-5,9-10,12,17,20H,6-8H2,(H,22,23);1-2H3. The van der Waals surface area contributed by atoms with Crippen LogP contribution in [0.15, 0.2) is 42.7 Å². The average Bonchev–Trinajstić information content (AvgIpc) is 3.32. The van der Waals surface area contributed by atoms with Gasteiger partial charge in [-0.15, -0.1) is 0 Å². The monoisotopic (exact) mass is 359 g/mol. The molecule has 0 spiro atoms. The zero-order chi connectivity index (χ0) is 18.5. The average molecular weight is 359 g/mol. The Bertz CT molecular complexity index is 856. The van der Waals surface area contributed by atoms with Gasteiger partial charge in [-0.05, 0) is 37.2 Å². The highest BCUT2D eigenvalue weighted by Crippen LogP contribution is 2.24. The molecule has 0 saturated carbocycles. The molecule has 2 N–H and O–H groups in total. The van der Waals surface area contributed by atoms with Crippen LogP contribution in [0.5, 0.6) is 0 Å². The molecule has 1 atom stereocenters. The Hall–Kier alpha value is -2.54. The largest absolute Gasteiger partial charge is 0.366 e. The van der Waals surface area contributed by atoms with Gasteiger partial charge in [0.25, 0.3) is 6.43 Å². The van der Waals surface area contributed by atoms with Crippen molar-refractivity contribution in [2.24, 2.45) is 0 Å². The Balaban J connectivity index is 0.000000948. The smallest absolute Gasteiger partial charge is 0.265 e. The van der Waals surface area contributed by atoms with E-state index >= 15 is 0 Å². The van der Waals surface area contributed by atoms with Crippen LogP contribution in [-0.2, 0) is 0 Å². The fourth-order valence-electron chi connectivity index (χ4n) is 2.96. The van der Waals surface area contributed by atoms with Crippen molar-refractivity contribution in [3.63, 3.8) is 0 Å². The summed E-state index contributed by atoms with van der Waals surface area (Å²) < 4.78 is 27.6. The highest BCUT2D eigenvalue weighted by Gasteiger charge is 2.16. The third kappa shape index (κ3) is 3.83. The molecule has 138 valence electrons. The molecule has 0 radical (unpaired) electrons. The molecular weight excluding hydrogens is 336 g/mol. The van der Waals surface area contributed by atoms with Crippen molar-refractivity contribution < 1.29 is 8.78 Å². The van der Waals surface area contributed by atoms with E-state index in [9.17, 15) is 8.78 Å². The molecule has 1 aliphatic heterocycles. The molecule has 5 nitrogen and oxygen atoms in total. The predicted molar refractivity (Wildman–Crippen MR) is 99.6 cm³/mol. The normalized spacial score (nSPS) is 16.6. The number of alkyl halides is 2. The van der Waals surface area contributed by atoms with Gasteiger partial charge < -0.3 is 10.6 Å². The third-order valence-corrected chi connectivity index (χ3v) is 4.20. The fourth-order valence-corrected chi connectivity index (χ4v) is 2.96. The molecule has 7 heteroatoms. The zero-order valence-electron chi connectivity index (χ0n) is 14.9. The molecule has 1 aliphatic rings. The minimum absolute atomic E-state index is 0.0342. The number of pyridine rings is 2. The number of hydrogen-bond donors (Lipinski definition) is 2. The van der Waals surface area contributed by atoms with Crippen LogP contribution in [0.2, 0.25) is 0 Å². The number of imidazole rings is 1. The summed E-state index contributed by atoms with van der Waals surface area (Å²) in [5.74, 6) is 0.779. The van der Waals surface area contributed by atoms with E-state index in [2.05, 4.69) is 20.6 Å². The molecule has 1 fully saturated rings. The van der Waals surface area contributed by atoms with Crippen molar-refractivity contribution in [1.29, 1.82) is 0 Å². The molecule has 0 amide bonds. The summed E-state index contributed by atoms with van der Waals surface area (Å²) in [5, 5.41) is 6.70.